The van der Waals surface area contributed by atoms with E-state index in [4.69, 9.17) is 0 Å². The molecule has 0 radical (unpaired) electrons. The molecule has 0 spiro atoms. The summed E-state index contributed by atoms with van der Waals surface area (Å²) in [4.78, 5) is 12.4. The third-order valence-electron chi connectivity index (χ3n) is 7.74. The zero-order chi connectivity index (χ0) is 14.8. The lowest BCUT2D eigenvalue weighted by molar-refractivity contribution is -0.132. The van der Waals surface area contributed by atoms with Gasteiger partial charge in [-0.2, -0.15) is 0 Å². The molecule has 1 N–H and O–H groups in total. The number of carbonyl (C=O) groups is 1. The minimum Gasteiger partial charge on any atom is -0.393 e. The van der Waals surface area contributed by atoms with E-state index in [0.29, 0.717) is 23.5 Å². The van der Waals surface area contributed by atoms with Crippen LogP contribution in [0.4, 0.5) is 0 Å². The molecule has 4 aliphatic carbocycles. The third-order valence-corrected chi connectivity index (χ3v) is 7.74. The Hall–Kier alpha value is -0.630. The predicted octanol–water partition coefficient (Wildman–Crippen LogP) is 3.88. The Morgan fingerprint density at radius 3 is 2.67 bits per heavy atom. The number of fused-ring (bicyclic) bond motifs is 5. The molecule has 0 heterocycles. The molecule has 4 rings (SSSR count). The maximum absolute atomic E-state index is 12.4. The minimum absolute atomic E-state index is 0.0316. The van der Waals surface area contributed by atoms with E-state index in [0.717, 1.165) is 38.5 Å². The number of aliphatic hydroxyl groups excluding tert-OH is 1. The van der Waals surface area contributed by atoms with Gasteiger partial charge in [-0.05, 0) is 68.1 Å². The van der Waals surface area contributed by atoms with Gasteiger partial charge in [0, 0.05) is 11.8 Å². The fourth-order valence-electron chi connectivity index (χ4n) is 6.51. The van der Waals surface area contributed by atoms with Crippen LogP contribution in [0.25, 0.3) is 0 Å². The molecule has 1 unspecified atom stereocenters. The monoisotopic (exact) mass is 288 g/mol. The van der Waals surface area contributed by atoms with Crippen LogP contribution >= 0.6 is 0 Å². The number of ketones is 1. The summed E-state index contributed by atoms with van der Waals surface area (Å²) < 4.78 is 0. The lowest BCUT2D eigenvalue weighted by atomic mass is 9.48. The van der Waals surface area contributed by atoms with Gasteiger partial charge in [0.05, 0.1) is 6.10 Å². The highest BCUT2D eigenvalue weighted by molar-refractivity contribution is 5.87. The molecule has 0 bridgehead atoms. The Labute approximate surface area is 128 Å². The SMILES string of the molecule is C[C@]12CC(O)CCC1=CC[C@@H]1[C@@H]2CC[C@]2(C)C(=O)CC[C@@H]12. The molecule has 0 aromatic carbocycles. The highest BCUT2D eigenvalue weighted by atomic mass is 16.3. The highest BCUT2D eigenvalue weighted by Crippen LogP contribution is 2.63. The van der Waals surface area contributed by atoms with E-state index < -0.39 is 0 Å². The van der Waals surface area contributed by atoms with Gasteiger partial charge >= 0.3 is 0 Å². The average molecular weight is 288 g/mol. The molecule has 2 heteroatoms. The van der Waals surface area contributed by atoms with Crippen molar-refractivity contribution in [2.75, 3.05) is 0 Å². The first-order valence-corrected chi connectivity index (χ1v) is 8.86. The van der Waals surface area contributed by atoms with Gasteiger partial charge in [0.1, 0.15) is 5.78 Å². The molecule has 4 aliphatic rings. The van der Waals surface area contributed by atoms with Gasteiger partial charge in [-0.15, -0.1) is 0 Å². The zero-order valence-corrected chi connectivity index (χ0v) is 13.4. The Bertz CT molecular complexity index is 508. The van der Waals surface area contributed by atoms with Crippen LogP contribution in [-0.4, -0.2) is 17.0 Å². The van der Waals surface area contributed by atoms with Crippen LogP contribution in [0, 0.1) is 28.6 Å². The summed E-state index contributed by atoms with van der Waals surface area (Å²) in [5, 5.41) is 10.2. The molecule has 2 nitrogen and oxygen atoms in total. The molecule has 3 saturated carbocycles. The van der Waals surface area contributed by atoms with Crippen molar-refractivity contribution in [3.8, 4) is 0 Å². The molecule has 116 valence electrons. The quantitative estimate of drug-likeness (QED) is 0.687. The summed E-state index contributed by atoms with van der Waals surface area (Å²) in [6, 6.07) is 0. The maximum atomic E-state index is 12.4. The fourth-order valence-corrected chi connectivity index (χ4v) is 6.51. The normalized spacial score (nSPS) is 52.7. The Kier molecular flexibility index (Phi) is 2.96. The second-order valence-electron chi connectivity index (χ2n) is 8.57. The van der Waals surface area contributed by atoms with Gasteiger partial charge in [-0.3, -0.25) is 4.79 Å². The molecule has 0 aromatic heterocycles. The average Bonchev–Trinajstić information content (AvgIpc) is 2.74. The van der Waals surface area contributed by atoms with Crippen molar-refractivity contribution >= 4 is 5.78 Å². The summed E-state index contributed by atoms with van der Waals surface area (Å²) in [6.45, 7) is 4.64. The Balaban J connectivity index is 1.70. The smallest absolute Gasteiger partial charge is 0.139 e. The number of Topliss-reactive ketones (excluding diaryl/α,β-unsaturated/α-hetero) is 1. The summed E-state index contributed by atoms with van der Waals surface area (Å²) in [5.74, 6) is 2.48. The van der Waals surface area contributed by atoms with Crippen molar-refractivity contribution in [3.05, 3.63) is 11.6 Å². The van der Waals surface area contributed by atoms with E-state index in [1.807, 2.05) is 0 Å². The number of aliphatic hydroxyl groups is 1. The topological polar surface area (TPSA) is 37.3 Å². The van der Waals surface area contributed by atoms with Gasteiger partial charge in [-0.1, -0.05) is 25.5 Å². The van der Waals surface area contributed by atoms with E-state index in [2.05, 4.69) is 19.9 Å². The first-order valence-electron chi connectivity index (χ1n) is 8.86. The van der Waals surface area contributed by atoms with Gasteiger partial charge in [0.2, 0.25) is 0 Å². The van der Waals surface area contributed by atoms with E-state index in [9.17, 15) is 9.90 Å². The summed E-state index contributed by atoms with van der Waals surface area (Å²) >= 11 is 0. The van der Waals surface area contributed by atoms with E-state index in [1.165, 1.54) is 12.8 Å². The lowest BCUT2D eigenvalue weighted by Crippen LogP contribution is -2.50. The molecule has 3 fully saturated rings. The number of hydrogen-bond acceptors (Lipinski definition) is 2. The lowest BCUT2D eigenvalue weighted by Gasteiger charge is -2.56. The van der Waals surface area contributed by atoms with Crippen molar-refractivity contribution < 1.29 is 9.90 Å². The fraction of sp³-hybridized carbons (Fsp3) is 0.842. The summed E-state index contributed by atoms with van der Waals surface area (Å²) in [6.07, 6.45) is 10.7. The largest absolute Gasteiger partial charge is 0.393 e. The maximum Gasteiger partial charge on any atom is 0.139 e. The summed E-state index contributed by atoms with van der Waals surface area (Å²) in [5.41, 5.74) is 1.78. The number of allylic oxidation sites excluding steroid dienone is 2. The Morgan fingerprint density at radius 1 is 1.10 bits per heavy atom. The standard InChI is InChI=1S/C19H28O2/c1-18-10-9-16-14(15(18)7-8-17(18)21)6-4-12-3-5-13(20)11-19(12,16)2/h4,13-16,20H,3,5-11H2,1-2H3/t13?,14-,15-,16-,18-,19-/m0/s1. The minimum atomic E-state index is -0.121. The molecular weight excluding hydrogens is 260 g/mol. The second kappa shape index (κ2) is 4.44. The van der Waals surface area contributed by atoms with Gasteiger partial charge in [0.25, 0.3) is 0 Å². The number of carbonyl (C=O) groups excluding carboxylic acids is 1. The van der Waals surface area contributed by atoms with Crippen LogP contribution in [0.5, 0.6) is 0 Å². The van der Waals surface area contributed by atoms with E-state index in [-0.39, 0.29) is 16.9 Å². The van der Waals surface area contributed by atoms with Crippen LogP contribution in [0.3, 0.4) is 0 Å². The van der Waals surface area contributed by atoms with E-state index >= 15 is 0 Å². The first-order chi connectivity index (χ1) is 9.95. The van der Waals surface area contributed by atoms with Crippen molar-refractivity contribution in [1.82, 2.24) is 0 Å². The van der Waals surface area contributed by atoms with Crippen LogP contribution in [0.1, 0.15) is 65.2 Å². The molecule has 0 amide bonds. The molecular formula is C19H28O2. The number of hydrogen-bond donors (Lipinski definition) is 1. The molecule has 21 heavy (non-hydrogen) atoms. The van der Waals surface area contributed by atoms with Crippen molar-refractivity contribution in [3.63, 3.8) is 0 Å². The van der Waals surface area contributed by atoms with Crippen molar-refractivity contribution in [2.45, 2.75) is 71.3 Å². The Morgan fingerprint density at radius 2 is 1.86 bits per heavy atom. The highest BCUT2D eigenvalue weighted by Gasteiger charge is 2.58. The zero-order valence-electron chi connectivity index (χ0n) is 13.4. The van der Waals surface area contributed by atoms with Crippen LogP contribution in [0.15, 0.2) is 11.6 Å². The van der Waals surface area contributed by atoms with Gasteiger partial charge in [-0.25, -0.2) is 0 Å². The van der Waals surface area contributed by atoms with Crippen LogP contribution in [-0.2, 0) is 4.79 Å². The van der Waals surface area contributed by atoms with Gasteiger partial charge in [0.15, 0.2) is 0 Å². The van der Waals surface area contributed by atoms with Crippen LogP contribution in [0.2, 0.25) is 0 Å². The van der Waals surface area contributed by atoms with Crippen molar-refractivity contribution in [2.24, 2.45) is 28.6 Å². The van der Waals surface area contributed by atoms with E-state index in [1.54, 1.807) is 5.57 Å². The van der Waals surface area contributed by atoms with Crippen molar-refractivity contribution in [1.29, 1.82) is 0 Å². The molecule has 0 aromatic rings. The molecule has 0 aliphatic heterocycles. The molecule has 0 saturated heterocycles. The summed E-state index contributed by atoms with van der Waals surface area (Å²) in [7, 11) is 0. The first kappa shape index (κ1) is 14.0. The predicted molar refractivity (Wildman–Crippen MR) is 82.7 cm³/mol. The van der Waals surface area contributed by atoms with Gasteiger partial charge < -0.3 is 5.11 Å². The third kappa shape index (κ3) is 1.78. The second-order valence-corrected chi connectivity index (χ2v) is 8.57. The van der Waals surface area contributed by atoms with Crippen LogP contribution < -0.4 is 0 Å². The molecule has 6 atom stereocenters. The number of rotatable bonds is 0.